The minimum Gasteiger partial charge on any atom is -0.240 e. The molecule has 0 amide bonds. The minimum absolute atomic E-state index is 0.207. The molecular weight excluding hydrogens is 334 g/mol. The molecule has 3 rings (SSSR count). The third-order valence-corrected chi connectivity index (χ3v) is 5.88. The van der Waals surface area contributed by atoms with E-state index in [2.05, 4.69) is 17.2 Å². The standard InChI is InChI=1S/C19H21N3O2S/c1-21(14-8-11-17-9-4-2-5-10-17)25(23,24)19-15-20-22(16-19)18-12-6-3-7-13-18/h2-7,9-10,12-13,15-16H,8,11,14H2,1H3. The van der Waals surface area contributed by atoms with E-state index >= 15 is 0 Å². The zero-order valence-electron chi connectivity index (χ0n) is 14.1. The SMILES string of the molecule is CN(CCCc1ccccc1)S(=O)(=O)c1cnn(-c2ccccc2)c1. The lowest BCUT2D eigenvalue weighted by Crippen LogP contribution is -2.28. The van der Waals surface area contributed by atoms with Crippen molar-refractivity contribution in [3.05, 3.63) is 78.6 Å². The van der Waals surface area contributed by atoms with Gasteiger partial charge in [0.25, 0.3) is 0 Å². The average molecular weight is 355 g/mol. The maximum Gasteiger partial charge on any atom is 0.245 e. The Balaban J connectivity index is 1.65. The Morgan fingerprint density at radius 2 is 1.64 bits per heavy atom. The molecule has 0 bridgehead atoms. The molecule has 0 spiro atoms. The second-order valence-electron chi connectivity index (χ2n) is 5.87. The van der Waals surface area contributed by atoms with E-state index < -0.39 is 10.0 Å². The van der Waals surface area contributed by atoms with E-state index in [0.717, 1.165) is 18.5 Å². The van der Waals surface area contributed by atoms with Gasteiger partial charge in [-0.3, -0.25) is 0 Å². The summed E-state index contributed by atoms with van der Waals surface area (Å²) in [5, 5.41) is 4.17. The number of para-hydroxylation sites is 1. The summed E-state index contributed by atoms with van der Waals surface area (Å²) >= 11 is 0. The van der Waals surface area contributed by atoms with Crippen LogP contribution in [0.3, 0.4) is 0 Å². The lowest BCUT2D eigenvalue weighted by Gasteiger charge is -2.15. The van der Waals surface area contributed by atoms with Crippen LogP contribution in [-0.2, 0) is 16.4 Å². The molecule has 6 heteroatoms. The maximum absolute atomic E-state index is 12.7. The fourth-order valence-electron chi connectivity index (χ4n) is 2.61. The van der Waals surface area contributed by atoms with Crippen LogP contribution >= 0.6 is 0 Å². The largest absolute Gasteiger partial charge is 0.245 e. The molecule has 0 aliphatic carbocycles. The van der Waals surface area contributed by atoms with Gasteiger partial charge in [0.15, 0.2) is 0 Å². The number of benzene rings is 2. The third-order valence-electron chi connectivity index (χ3n) is 4.07. The summed E-state index contributed by atoms with van der Waals surface area (Å²) in [6.07, 6.45) is 4.57. The van der Waals surface area contributed by atoms with Gasteiger partial charge in [0.2, 0.25) is 10.0 Å². The number of aromatic nitrogens is 2. The van der Waals surface area contributed by atoms with Crippen molar-refractivity contribution in [2.24, 2.45) is 0 Å². The van der Waals surface area contributed by atoms with E-state index in [0.29, 0.717) is 6.54 Å². The minimum atomic E-state index is -3.53. The number of hydrogen-bond donors (Lipinski definition) is 0. The summed E-state index contributed by atoms with van der Waals surface area (Å²) in [5.74, 6) is 0. The molecule has 0 unspecified atom stereocenters. The lowest BCUT2D eigenvalue weighted by atomic mass is 10.1. The summed E-state index contributed by atoms with van der Waals surface area (Å²) in [6, 6.07) is 19.5. The van der Waals surface area contributed by atoms with Crippen LogP contribution in [0.5, 0.6) is 0 Å². The second-order valence-corrected chi connectivity index (χ2v) is 7.92. The van der Waals surface area contributed by atoms with Crippen LogP contribution in [0, 0.1) is 0 Å². The highest BCUT2D eigenvalue weighted by Crippen LogP contribution is 2.16. The second kappa shape index (κ2) is 7.63. The van der Waals surface area contributed by atoms with Crippen molar-refractivity contribution in [1.82, 2.24) is 14.1 Å². The Hall–Kier alpha value is -2.44. The molecule has 2 aromatic carbocycles. The summed E-state index contributed by atoms with van der Waals surface area (Å²) in [6.45, 7) is 0.466. The van der Waals surface area contributed by atoms with Crippen molar-refractivity contribution >= 4 is 10.0 Å². The Kier molecular flexibility index (Phi) is 5.31. The predicted octanol–water partition coefficient (Wildman–Crippen LogP) is 3.13. The Morgan fingerprint density at radius 3 is 2.32 bits per heavy atom. The van der Waals surface area contributed by atoms with Crippen molar-refractivity contribution in [1.29, 1.82) is 0 Å². The third kappa shape index (κ3) is 4.15. The number of sulfonamides is 1. The number of rotatable bonds is 7. The van der Waals surface area contributed by atoms with Gasteiger partial charge in [0.1, 0.15) is 4.90 Å². The number of hydrogen-bond acceptors (Lipinski definition) is 3. The van der Waals surface area contributed by atoms with Crippen LogP contribution in [0.2, 0.25) is 0 Å². The Morgan fingerprint density at radius 1 is 1.00 bits per heavy atom. The van der Waals surface area contributed by atoms with Crippen LogP contribution in [0.4, 0.5) is 0 Å². The van der Waals surface area contributed by atoms with E-state index in [9.17, 15) is 8.42 Å². The van der Waals surface area contributed by atoms with Gasteiger partial charge in [0.05, 0.1) is 18.1 Å². The molecule has 0 saturated carbocycles. The van der Waals surface area contributed by atoms with Gasteiger partial charge in [-0.25, -0.2) is 17.4 Å². The Labute approximate surface area is 148 Å². The number of nitrogens with zero attached hydrogens (tertiary/aromatic N) is 3. The van der Waals surface area contributed by atoms with E-state index in [1.807, 2.05) is 48.5 Å². The fraction of sp³-hybridized carbons (Fsp3) is 0.211. The van der Waals surface area contributed by atoms with Crippen molar-refractivity contribution in [2.45, 2.75) is 17.7 Å². The average Bonchev–Trinajstić information content (AvgIpc) is 3.14. The van der Waals surface area contributed by atoms with Crippen LogP contribution in [0.15, 0.2) is 78.0 Å². The predicted molar refractivity (Wildman–Crippen MR) is 98.1 cm³/mol. The van der Waals surface area contributed by atoms with Crippen LogP contribution in [0.25, 0.3) is 5.69 Å². The van der Waals surface area contributed by atoms with Crippen LogP contribution in [0.1, 0.15) is 12.0 Å². The molecule has 0 N–H and O–H groups in total. The van der Waals surface area contributed by atoms with Gasteiger partial charge in [-0.1, -0.05) is 48.5 Å². The molecule has 1 heterocycles. The summed E-state index contributed by atoms with van der Waals surface area (Å²) in [7, 11) is -1.92. The van der Waals surface area contributed by atoms with Crippen molar-refractivity contribution in [2.75, 3.05) is 13.6 Å². The lowest BCUT2D eigenvalue weighted by molar-refractivity contribution is 0.461. The molecule has 0 radical (unpaired) electrons. The van der Waals surface area contributed by atoms with Gasteiger partial charge >= 0.3 is 0 Å². The first-order chi connectivity index (χ1) is 12.1. The highest BCUT2D eigenvalue weighted by molar-refractivity contribution is 7.89. The molecule has 0 aliphatic heterocycles. The van der Waals surface area contributed by atoms with Gasteiger partial charge in [-0.05, 0) is 30.5 Å². The van der Waals surface area contributed by atoms with Gasteiger partial charge in [-0.2, -0.15) is 5.10 Å². The van der Waals surface area contributed by atoms with E-state index in [-0.39, 0.29) is 4.90 Å². The molecule has 0 fully saturated rings. The zero-order valence-corrected chi connectivity index (χ0v) is 14.9. The molecule has 0 saturated heterocycles. The molecule has 25 heavy (non-hydrogen) atoms. The maximum atomic E-state index is 12.7. The van der Waals surface area contributed by atoms with E-state index in [4.69, 9.17) is 0 Å². The normalized spacial score (nSPS) is 11.8. The van der Waals surface area contributed by atoms with Crippen molar-refractivity contribution in [3.63, 3.8) is 0 Å². The highest BCUT2D eigenvalue weighted by atomic mass is 32.2. The molecule has 0 atom stereocenters. The molecule has 130 valence electrons. The summed E-state index contributed by atoms with van der Waals surface area (Å²) in [5.41, 5.74) is 2.04. The number of aryl methyl sites for hydroxylation is 1. The molecular formula is C19H21N3O2S. The van der Waals surface area contributed by atoms with Gasteiger partial charge in [-0.15, -0.1) is 0 Å². The molecule has 0 aliphatic rings. The van der Waals surface area contributed by atoms with Crippen LogP contribution < -0.4 is 0 Å². The monoisotopic (exact) mass is 355 g/mol. The summed E-state index contributed by atoms with van der Waals surface area (Å²) in [4.78, 5) is 0.207. The topological polar surface area (TPSA) is 55.2 Å². The Bertz CT molecular complexity index is 906. The van der Waals surface area contributed by atoms with E-state index in [1.54, 1.807) is 17.9 Å². The summed E-state index contributed by atoms with van der Waals surface area (Å²) < 4.78 is 28.3. The quantitative estimate of drug-likeness (QED) is 0.654. The zero-order chi connectivity index (χ0) is 17.7. The highest BCUT2D eigenvalue weighted by Gasteiger charge is 2.22. The van der Waals surface area contributed by atoms with Gasteiger partial charge < -0.3 is 0 Å². The van der Waals surface area contributed by atoms with Crippen molar-refractivity contribution in [3.8, 4) is 5.69 Å². The van der Waals surface area contributed by atoms with Gasteiger partial charge in [0, 0.05) is 13.6 Å². The fourth-order valence-corrected chi connectivity index (χ4v) is 3.75. The first-order valence-corrected chi connectivity index (χ1v) is 9.62. The van der Waals surface area contributed by atoms with Crippen molar-refractivity contribution < 1.29 is 8.42 Å². The first-order valence-electron chi connectivity index (χ1n) is 8.18. The molecule has 3 aromatic rings. The molecule has 5 nitrogen and oxygen atoms in total. The smallest absolute Gasteiger partial charge is 0.240 e. The van der Waals surface area contributed by atoms with Crippen LogP contribution in [-0.4, -0.2) is 36.1 Å². The molecule has 1 aromatic heterocycles. The first kappa shape index (κ1) is 17.4. The van der Waals surface area contributed by atoms with E-state index in [1.165, 1.54) is 16.1 Å².